The number of hydrogen-bond donors (Lipinski definition) is 1. The van der Waals surface area contributed by atoms with Crippen LogP contribution < -0.4 is 5.32 Å². The second kappa shape index (κ2) is 2.84. The summed E-state index contributed by atoms with van der Waals surface area (Å²) in [6.07, 6.45) is 5.58. The fourth-order valence-electron chi connectivity index (χ4n) is 2.71. The van der Waals surface area contributed by atoms with Crippen molar-refractivity contribution in [2.45, 2.75) is 44.6 Å². The highest BCUT2D eigenvalue weighted by atomic mass is 16.1. The summed E-state index contributed by atoms with van der Waals surface area (Å²) in [6, 6.07) is 0. The second-order valence-electron chi connectivity index (χ2n) is 4.36. The van der Waals surface area contributed by atoms with Gasteiger partial charge in [-0.1, -0.05) is 12.8 Å². The lowest BCUT2D eigenvalue weighted by Gasteiger charge is -2.44. The van der Waals surface area contributed by atoms with Gasteiger partial charge in [-0.3, -0.25) is 4.79 Å². The number of carbonyl (C=O) groups is 1. The molecule has 0 bridgehead atoms. The summed E-state index contributed by atoms with van der Waals surface area (Å²) in [5.74, 6) is 0.816. The molecule has 2 rings (SSSR count). The number of hydrogen-bond acceptors (Lipinski definition) is 2. The van der Waals surface area contributed by atoms with Crippen LogP contribution in [0.1, 0.15) is 39.0 Å². The zero-order valence-corrected chi connectivity index (χ0v) is 7.73. The summed E-state index contributed by atoms with van der Waals surface area (Å²) in [6.45, 7) is 3.11. The standard InChI is InChI=1S/C10H17NO/c1-10-6-3-2-4-8(10)9(12)5-7-11-10/h8,11H,2-7H2,1H3. The minimum atomic E-state index is 0.146. The molecule has 2 aliphatic rings. The molecule has 0 aromatic carbocycles. The monoisotopic (exact) mass is 167 g/mol. The molecule has 2 heteroatoms. The molecule has 2 fully saturated rings. The summed E-state index contributed by atoms with van der Waals surface area (Å²) in [7, 11) is 0. The maximum Gasteiger partial charge on any atom is 0.139 e. The molecule has 68 valence electrons. The third kappa shape index (κ3) is 1.18. The lowest BCUT2D eigenvalue weighted by atomic mass is 9.69. The maximum absolute atomic E-state index is 11.6. The fraction of sp³-hybridized carbons (Fsp3) is 0.900. The highest BCUT2D eigenvalue weighted by molar-refractivity contribution is 5.83. The molecule has 1 aliphatic carbocycles. The topological polar surface area (TPSA) is 29.1 Å². The normalized spacial score (nSPS) is 42.4. The van der Waals surface area contributed by atoms with Crippen molar-refractivity contribution in [2.75, 3.05) is 6.54 Å². The lowest BCUT2D eigenvalue weighted by molar-refractivity contribution is -0.129. The van der Waals surface area contributed by atoms with Gasteiger partial charge in [0.1, 0.15) is 5.78 Å². The van der Waals surface area contributed by atoms with E-state index in [0.717, 1.165) is 19.4 Å². The van der Waals surface area contributed by atoms with Crippen LogP contribution in [0, 0.1) is 5.92 Å². The zero-order chi connectivity index (χ0) is 8.60. The van der Waals surface area contributed by atoms with E-state index in [-0.39, 0.29) is 5.54 Å². The number of nitrogens with one attached hydrogen (secondary N) is 1. The van der Waals surface area contributed by atoms with Crippen molar-refractivity contribution in [2.24, 2.45) is 5.92 Å². The van der Waals surface area contributed by atoms with Crippen molar-refractivity contribution in [3.63, 3.8) is 0 Å². The van der Waals surface area contributed by atoms with Gasteiger partial charge in [-0.05, 0) is 19.8 Å². The van der Waals surface area contributed by atoms with E-state index in [0.29, 0.717) is 11.7 Å². The summed E-state index contributed by atoms with van der Waals surface area (Å²) in [5, 5.41) is 3.51. The number of piperidine rings is 1. The van der Waals surface area contributed by atoms with Crippen LogP contribution in [-0.2, 0) is 4.79 Å². The van der Waals surface area contributed by atoms with E-state index < -0.39 is 0 Å². The Kier molecular flexibility index (Phi) is 1.95. The molecular weight excluding hydrogens is 150 g/mol. The van der Waals surface area contributed by atoms with Gasteiger partial charge in [0.25, 0.3) is 0 Å². The Bertz CT molecular complexity index is 198. The quantitative estimate of drug-likeness (QED) is 0.592. The predicted molar refractivity (Wildman–Crippen MR) is 48.0 cm³/mol. The van der Waals surface area contributed by atoms with Crippen LogP contribution in [0.15, 0.2) is 0 Å². The molecule has 1 saturated carbocycles. The first kappa shape index (κ1) is 8.24. The first-order valence-corrected chi connectivity index (χ1v) is 5.00. The third-order valence-electron chi connectivity index (χ3n) is 3.50. The number of rotatable bonds is 0. The first-order valence-electron chi connectivity index (χ1n) is 5.00. The predicted octanol–water partition coefficient (Wildman–Crippen LogP) is 1.50. The van der Waals surface area contributed by atoms with Gasteiger partial charge >= 0.3 is 0 Å². The number of carbonyl (C=O) groups excluding carboxylic acids is 1. The molecule has 1 saturated heterocycles. The third-order valence-corrected chi connectivity index (χ3v) is 3.50. The Labute approximate surface area is 73.7 Å². The van der Waals surface area contributed by atoms with Crippen LogP contribution in [0.5, 0.6) is 0 Å². The van der Waals surface area contributed by atoms with Crippen LogP contribution in [0.4, 0.5) is 0 Å². The van der Waals surface area contributed by atoms with E-state index >= 15 is 0 Å². The van der Waals surface area contributed by atoms with Crippen molar-refractivity contribution >= 4 is 5.78 Å². The minimum absolute atomic E-state index is 0.146. The summed E-state index contributed by atoms with van der Waals surface area (Å²) < 4.78 is 0. The van der Waals surface area contributed by atoms with Crippen molar-refractivity contribution in [1.29, 1.82) is 0 Å². The Morgan fingerprint density at radius 3 is 3.08 bits per heavy atom. The molecule has 0 spiro atoms. The first-order chi connectivity index (χ1) is 5.72. The smallest absolute Gasteiger partial charge is 0.139 e. The molecule has 0 aromatic heterocycles. The van der Waals surface area contributed by atoms with Crippen LogP contribution in [0.25, 0.3) is 0 Å². The van der Waals surface area contributed by atoms with Crippen LogP contribution in [0.3, 0.4) is 0 Å². The van der Waals surface area contributed by atoms with Gasteiger partial charge in [0, 0.05) is 24.4 Å². The summed E-state index contributed by atoms with van der Waals surface area (Å²) in [5.41, 5.74) is 0.146. The minimum Gasteiger partial charge on any atom is -0.310 e. The van der Waals surface area contributed by atoms with Crippen molar-refractivity contribution < 1.29 is 4.79 Å². The van der Waals surface area contributed by atoms with Crippen molar-refractivity contribution in [3.05, 3.63) is 0 Å². The molecule has 1 N–H and O–H groups in total. The highest BCUT2D eigenvalue weighted by Crippen LogP contribution is 2.36. The molecule has 12 heavy (non-hydrogen) atoms. The van der Waals surface area contributed by atoms with E-state index in [1.54, 1.807) is 0 Å². The van der Waals surface area contributed by atoms with Gasteiger partial charge in [0.2, 0.25) is 0 Å². The molecule has 1 heterocycles. The van der Waals surface area contributed by atoms with E-state index in [4.69, 9.17) is 0 Å². The second-order valence-corrected chi connectivity index (χ2v) is 4.36. The van der Waals surface area contributed by atoms with Crippen LogP contribution in [-0.4, -0.2) is 17.9 Å². The van der Waals surface area contributed by atoms with Gasteiger partial charge in [0.05, 0.1) is 0 Å². The molecule has 2 nitrogen and oxygen atoms in total. The largest absolute Gasteiger partial charge is 0.310 e. The average Bonchev–Trinajstić information content (AvgIpc) is 2.04. The highest BCUT2D eigenvalue weighted by Gasteiger charge is 2.42. The van der Waals surface area contributed by atoms with Gasteiger partial charge < -0.3 is 5.32 Å². The van der Waals surface area contributed by atoms with Gasteiger partial charge in [-0.25, -0.2) is 0 Å². The molecule has 0 radical (unpaired) electrons. The van der Waals surface area contributed by atoms with E-state index in [1.165, 1.54) is 19.3 Å². The molecular formula is C10H17NO. The van der Waals surface area contributed by atoms with Crippen LogP contribution >= 0.6 is 0 Å². The van der Waals surface area contributed by atoms with E-state index in [9.17, 15) is 4.79 Å². The van der Waals surface area contributed by atoms with Gasteiger partial charge in [0.15, 0.2) is 0 Å². The van der Waals surface area contributed by atoms with Gasteiger partial charge in [-0.2, -0.15) is 0 Å². The Morgan fingerprint density at radius 2 is 2.33 bits per heavy atom. The lowest BCUT2D eigenvalue weighted by Crippen LogP contribution is -2.57. The van der Waals surface area contributed by atoms with Crippen molar-refractivity contribution in [1.82, 2.24) is 5.32 Å². The zero-order valence-electron chi connectivity index (χ0n) is 7.73. The molecule has 0 amide bonds. The van der Waals surface area contributed by atoms with Crippen LogP contribution in [0.2, 0.25) is 0 Å². The number of Topliss-reactive ketones (excluding diaryl/α,β-unsaturated/α-hetero) is 1. The average molecular weight is 167 g/mol. The Balaban J connectivity index is 2.18. The van der Waals surface area contributed by atoms with Gasteiger partial charge in [-0.15, -0.1) is 0 Å². The number of fused-ring (bicyclic) bond motifs is 1. The molecule has 1 aliphatic heterocycles. The molecule has 2 unspecified atom stereocenters. The Hall–Kier alpha value is -0.370. The summed E-state index contributed by atoms with van der Waals surface area (Å²) >= 11 is 0. The summed E-state index contributed by atoms with van der Waals surface area (Å²) in [4.78, 5) is 11.6. The maximum atomic E-state index is 11.6. The fourth-order valence-corrected chi connectivity index (χ4v) is 2.71. The van der Waals surface area contributed by atoms with E-state index in [2.05, 4.69) is 12.2 Å². The molecule has 2 atom stereocenters. The SMILES string of the molecule is CC12CCCCC1C(=O)CCN2. The van der Waals surface area contributed by atoms with E-state index in [1.807, 2.05) is 0 Å². The Morgan fingerprint density at radius 1 is 1.50 bits per heavy atom. The van der Waals surface area contributed by atoms with Crippen molar-refractivity contribution in [3.8, 4) is 0 Å². The molecule has 0 aromatic rings. The number of ketones is 1.